The quantitative estimate of drug-likeness (QED) is 0.134. The SMILES string of the molecule is CCOc1cc(/C=N\NC(=O)C(=O)NCCc2ccc(OC)c(OC)c2)cc(Br)c1OCC(=O)Nc1ccccc1C(F)(F)F. The molecule has 0 heterocycles. The minimum atomic E-state index is -4.65. The number of para-hydroxylation sites is 1. The molecule has 3 amide bonds. The topological polar surface area (TPSA) is 137 Å². The normalized spacial score (nSPS) is 11.1. The summed E-state index contributed by atoms with van der Waals surface area (Å²) in [5.41, 5.74) is 2.04. The van der Waals surface area contributed by atoms with Crippen molar-refractivity contribution in [3.05, 3.63) is 75.8 Å². The fraction of sp³-hybridized carbons (Fsp3) is 0.267. The van der Waals surface area contributed by atoms with Crippen LogP contribution in [0.1, 0.15) is 23.6 Å². The summed E-state index contributed by atoms with van der Waals surface area (Å²) in [6.07, 6.45) is -2.95. The van der Waals surface area contributed by atoms with Crippen LogP contribution in [0.2, 0.25) is 0 Å². The molecular formula is C30H30BrF3N4O7. The highest BCUT2D eigenvalue weighted by molar-refractivity contribution is 9.10. The van der Waals surface area contributed by atoms with Gasteiger partial charge in [-0.05, 0) is 76.8 Å². The van der Waals surface area contributed by atoms with Crippen LogP contribution in [0.4, 0.5) is 18.9 Å². The van der Waals surface area contributed by atoms with E-state index < -0.39 is 41.8 Å². The first-order valence-corrected chi connectivity index (χ1v) is 14.1. The number of hydrogen-bond donors (Lipinski definition) is 3. The highest BCUT2D eigenvalue weighted by atomic mass is 79.9. The Morgan fingerprint density at radius 3 is 2.36 bits per heavy atom. The van der Waals surface area contributed by atoms with Crippen LogP contribution < -0.4 is 35.0 Å². The lowest BCUT2D eigenvalue weighted by Crippen LogP contribution is -2.38. The number of rotatable bonds is 13. The van der Waals surface area contributed by atoms with E-state index in [1.54, 1.807) is 19.1 Å². The molecule has 0 bridgehead atoms. The molecule has 0 aliphatic rings. The first-order chi connectivity index (χ1) is 21.5. The molecule has 15 heteroatoms. The molecule has 240 valence electrons. The summed E-state index contributed by atoms with van der Waals surface area (Å²) in [5, 5.41) is 8.51. The van der Waals surface area contributed by atoms with E-state index in [4.69, 9.17) is 18.9 Å². The van der Waals surface area contributed by atoms with Crippen molar-refractivity contribution in [1.29, 1.82) is 0 Å². The maximum absolute atomic E-state index is 13.2. The third-order valence-electron chi connectivity index (χ3n) is 5.92. The first-order valence-electron chi connectivity index (χ1n) is 13.3. The van der Waals surface area contributed by atoms with Gasteiger partial charge >= 0.3 is 18.0 Å². The molecule has 0 aromatic heterocycles. The van der Waals surface area contributed by atoms with Crippen molar-refractivity contribution >= 4 is 45.6 Å². The summed E-state index contributed by atoms with van der Waals surface area (Å²) >= 11 is 3.32. The van der Waals surface area contributed by atoms with E-state index in [1.807, 2.05) is 6.07 Å². The highest BCUT2D eigenvalue weighted by Gasteiger charge is 2.33. The molecule has 45 heavy (non-hydrogen) atoms. The lowest BCUT2D eigenvalue weighted by Gasteiger charge is -2.16. The standard InChI is InChI=1S/C30H30BrF3N4O7/c1-4-44-25-15-19(13-21(31)27(25)45-17-26(39)37-22-8-6-5-7-20(22)30(32,33)34)16-36-38-29(41)28(40)35-12-11-18-9-10-23(42-2)24(14-18)43-3/h5-10,13-16H,4,11-12,17H2,1-3H3,(H,35,40)(H,37,39)(H,38,41)/b36-16-. The summed E-state index contributed by atoms with van der Waals surface area (Å²) in [6.45, 7) is 1.50. The Kier molecular flexibility index (Phi) is 12.6. The van der Waals surface area contributed by atoms with Crippen LogP contribution in [0, 0.1) is 0 Å². The van der Waals surface area contributed by atoms with E-state index >= 15 is 0 Å². The molecule has 3 aromatic carbocycles. The number of hydrogen-bond acceptors (Lipinski definition) is 8. The summed E-state index contributed by atoms with van der Waals surface area (Å²) in [7, 11) is 3.04. The van der Waals surface area contributed by atoms with Crippen LogP contribution in [-0.4, -0.2) is 57.9 Å². The number of anilines is 1. The van der Waals surface area contributed by atoms with Gasteiger partial charge in [0.15, 0.2) is 29.6 Å². The molecule has 0 fully saturated rings. The number of nitrogens with one attached hydrogen (secondary N) is 3. The number of methoxy groups -OCH3 is 2. The molecule has 0 spiro atoms. The monoisotopic (exact) mass is 694 g/mol. The Balaban J connectivity index is 1.56. The molecule has 0 aliphatic carbocycles. The summed E-state index contributed by atoms with van der Waals surface area (Å²) < 4.78 is 61.6. The van der Waals surface area contributed by atoms with Crippen molar-refractivity contribution in [3.63, 3.8) is 0 Å². The number of halogens is 4. The molecule has 0 atom stereocenters. The second-order valence-corrected chi connectivity index (χ2v) is 9.89. The molecule has 3 N–H and O–H groups in total. The average Bonchev–Trinajstić information content (AvgIpc) is 3.00. The number of alkyl halides is 3. The minimum Gasteiger partial charge on any atom is -0.493 e. The minimum absolute atomic E-state index is 0.117. The zero-order chi connectivity index (χ0) is 33.0. The molecule has 0 aliphatic heterocycles. The molecule has 0 saturated heterocycles. The van der Waals surface area contributed by atoms with Crippen molar-refractivity contribution in [2.24, 2.45) is 5.10 Å². The van der Waals surface area contributed by atoms with E-state index in [-0.39, 0.29) is 24.7 Å². The van der Waals surface area contributed by atoms with Crippen molar-refractivity contribution < 1.29 is 46.5 Å². The first kappa shape index (κ1) is 34.7. The third-order valence-corrected chi connectivity index (χ3v) is 6.51. The van der Waals surface area contributed by atoms with Gasteiger partial charge in [0.2, 0.25) is 0 Å². The van der Waals surface area contributed by atoms with E-state index in [0.717, 1.165) is 17.7 Å². The fourth-order valence-corrected chi connectivity index (χ4v) is 4.46. The summed E-state index contributed by atoms with van der Waals surface area (Å²) in [4.78, 5) is 36.7. The van der Waals surface area contributed by atoms with Gasteiger partial charge in [-0.2, -0.15) is 18.3 Å². The predicted octanol–water partition coefficient (Wildman–Crippen LogP) is 4.71. The highest BCUT2D eigenvalue weighted by Crippen LogP contribution is 2.37. The Morgan fingerprint density at radius 1 is 0.933 bits per heavy atom. The zero-order valence-corrected chi connectivity index (χ0v) is 26.0. The van der Waals surface area contributed by atoms with E-state index in [9.17, 15) is 27.6 Å². The number of amides is 3. The maximum atomic E-state index is 13.2. The largest absolute Gasteiger partial charge is 0.493 e. The Labute approximate surface area is 265 Å². The van der Waals surface area contributed by atoms with Gasteiger partial charge in [0.1, 0.15) is 0 Å². The van der Waals surface area contributed by atoms with Crippen LogP contribution in [0.3, 0.4) is 0 Å². The van der Waals surface area contributed by atoms with Gasteiger partial charge in [-0.15, -0.1) is 0 Å². The second kappa shape index (κ2) is 16.3. The Morgan fingerprint density at radius 2 is 1.67 bits per heavy atom. The predicted molar refractivity (Wildman–Crippen MR) is 163 cm³/mol. The van der Waals surface area contributed by atoms with E-state index in [1.165, 1.54) is 44.7 Å². The van der Waals surface area contributed by atoms with Crippen molar-refractivity contribution in [2.45, 2.75) is 19.5 Å². The van der Waals surface area contributed by atoms with Gasteiger partial charge in [-0.1, -0.05) is 18.2 Å². The third kappa shape index (κ3) is 10.1. The smallest absolute Gasteiger partial charge is 0.418 e. The molecule has 0 unspecified atom stereocenters. The van der Waals surface area contributed by atoms with Gasteiger partial charge in [0, 0.05) is 6.54 Å². The van der Waals surface area contributed by atoms with Crippen LogP contribution in [0.5, 0.6) is 23.0 Å². The maximum Gasteiger partial charge on any atom is 0.418 e. The van der Waals surface area contributed by atoms with Crippen molar-refractivity contribution in [3.8, 4) is 23.0 Å². The molecule has 11 nitrogen and oxygen atoms in total. The lowest BCUT2D eigenvalue weighted by atomic mass is 10.1. The van der Waals surface area contributed by atoms with Gasteiger partial charge in [-0.3, -0.25) is 14.4 Å². The number of carbonyl (C=O) groups excluding carboxylic acids is 3. The summed E-state index contributed by atoms with van der Waals surface area (Å²) in [6, 6.07) is 12.9. The summed E-state index contributed by atoms with van der Waals surface area (Å²) in [5.74, 6) is -1.27. The Bertz CT molecular complexity index is 1550. The number of carbonyl (C=O) groups is 3. The molecule has 0 radical (unpaired) electrons. The van der Waals surface area contributed by atoms with Crippen molar-refractivity contribution in [2.75, 3.05) is 39.3 Å². The number of hydrazone groups is 1. The van der Waals surface area contributed by atoms with E-state index in [0.29, 0.717) is 28.0 Å². The Hall–Kier alpha value is -4.79. The lowest BCUT2D eigenvalue weighted by molar-refractivity contribution is -0.139. The van der Waals surface area contributed by atoms with Crippen LogP contribution >= 0.6 is 15.9 Å². The molecular weight excluding hydrogens is 665 g/mol. The molecule has 0 saturated carbocycles. The fourth-order valence-electron chi connectivity index (χ4n) is 3.88. The number of benzene rings is 3. The second-order valence-electron chi connectivity index (χ2n) is 9.04. The van der Waals surface area contributed by atoms with E-state index in [2.05, 4.69) is 37.1 Å². The molecule has 3 rings (SSSR count). The van der Waals surface area contributed by atoms with Gasteiger partial charge in [0.25, 0.3) is 5.91 Å². The number of ether oxygens (including phenoxy) is 4. The number of nitrogens with zero attached hydrogens (tertiary/aromatic N) is 1. The zero-order valence-electron chi connectivity index (χ0n) is 24.4. The average molecular weight is 695 g/mol. The van der Waals surface area contributed by atoms with Crippen LogP contribution in [0.25, 0.3) is 0 Å². The van der Waals surface area contributed by atoms with Crippen molar-refractivity contribution in [1.82, 2.24) is 10.7 Å². The molecule has 3 aromatic rings. The van der Waals surface area contributed by atoms with Gasteiger partial charge < -0.3 is 29.6 Å². The van der Waals surface area contributed by atoms with Crippen LogP contribution in [0.15, 0.2) is 64.2 Å². The van der Waals surface area contributed by atoms with Crippen LogP contribution in [-0.2, 0) is 27.0 Å². The van der Waals surface area contributed by atoms with Gasteiger partial charge in [-0.25, -0.2) is 5.43 Å². The van der Waals surface area contributed by atoms with Gasteiger partial charge in [0.05, 0.1) is 42.8 Å².